The zero-order chi connectivity index (χ0) is 16.2. The highest BCUT2D eigenvalue weighted by atomic mass is 19.1. The third kappa shape index (κ3) is 3.13. The van der Waals surface area contributed by atoms with E-state index in [4.69, 9.17) is 9.47 Å². The number of hydrogen-bond donors (Lipinski definition) is 0. The largest absolute Gasteiger partial charge is 0.493 e. The Morgan fingerprint density at radius 3 is 2.57 bits per heavy atom. The van der Waals surface area contributed by atoms with Crippen LogP contribution in [0.5, 0.6) is 11.5 Å². The summed E-state index contributed by atoms with van der Waals surface area (Å²) < 4.78 is 24.1. The Bertz CT molecular complexity index is 819. The van der Waals surface area contributed by atoms with Crippen LogP contribution >= 0.6 is 0 Å². The van der Waals surface area contributed by atoms with E-state index in [0.717, 1.165) is 5.56 Å². The summed E-state index contributed by atoms with van der Waals surface area (Å²) in [5.41, 5.74) is 1.24. The lowest BCUT2D eigenvalue weighted by molar-refractivity contribution is 0.355. The first-order chi connectivity index (χ1) is 11.2. The summed E-state index contributed by atoms with van der Waals surface area (Å²) in [5, 5.41) is 12.2. The molecule has 23 heavy (non-hydrogen) atoms. The molecule has 118 valence electrons. The Labute approximate surface area is 132 Å². The summed E-state index contributed by atoms with van der Waals surface area (Å²) in [6, 6.07) is 11.9. The molecular formula is C16H15FN4O2. The molecule has 2 aromatic carbocycles. The monoisotopic (exact) mass is 314 g/mol. The number of rotatable bonds is 5. The fourth-order valence-corrected chi connectivity index (χ4v) is 2.18. The van der Waals surface area contributed by atoms with Crippen molar-refractivity contribution in [3.8, 4) is 22.9 Å². The molecule has 0 saturated heterocycles. The number of ether oxygens (including phenoxy) is 2. The van der Waals surface area contributed by atoms with Crippen molar-refractivity contribution in [2.75, 3.05) is 14.2 Å². The number of nitrogens with zero attached hydrogens (tertiary/aromatic N) is 4. The van der Waals surface area contributed by atoms with E-state index in [1.807, 2.05) is 6.07 Å². The first kappa shape index (κ1) is 15.0. The Morgan fingerprint density at radius 2 is 1.83 bits per heavy atom. The van der Waals surface area contributed by atoms with E-state index < -0.39 is 0 Å². The number of hydrogen-bond acceptors (Lipinski definition) is 5. The number of methoxy groups -OCH3 is 2. The molecule has 3 rings (SSSR count). The maximum absolute atomic E-state index is 13.7. The summed E-state index contributed by atoms with van der Waals surface area (Å²) in [7, 11) is 3.13. The highest BCUT2D eigenvalue weighted by molar-refractivity contribution is 5.60. The van der Waals surface area contributed by atoms with Gasteiger partial charge in [0.15, 0.2) is 11.5 Å². The maximum Gasteiger partial charge on any atom is 0.205 e. The first-order valence-electron chi connectivity index (χ1n) is 6.95. The minimum atomic E-state index is -0.294. The van der Waals surface area contributed by atoms with Crippen LogP contribution < -0.4 is 9.47 Å². The zero-order valence-corrected chi connectivity index (χ0v) is 12.7. The smallest absolute Gasteiger partial charge is 0.205 e. The molecule has 0 saturated carbocycles. The molecule has 0 radical (unpaired) electrons. The van der Waals surface area contributed by atoms with Gasteiger partial charge >= 0.3 is 0 Å². The first-order valence-corrected chi connectivity index (χ1v) is 6.95. The van der Waals surface area contributed by atoms with E-state index in [1.165, 1.54) is 10.9 Å². The standard InChI is InChI=1S/C16H15FN4O2/c1-22-14-8-7-11(9-15(14)23-2)16-18-20-21(19-16)10-12-5-3-4-6-13(12)17/h3-9H,10H2,1-2H3. The van der Waals surface area contributed by atoms with Gasteiger partial charge in [-0.15, -0.1) is 10.2 Å². The highest BCUT2D eigenvalue weighted by Gasteiger charge is 2.11. The van der Waals surface area contributed by atoms with Gasteiger partial charge in [0.2, 0.25) is 5.82 Å². The van der Waals surface area contributed by atoms with Gasteiger partial charge in [0.25, 0.3) is 0 Å². The highest BCUT2D eigenvalue weighted by Crippen LogP contribution is 2.30. The molecule has 0 unspecified atom stereocenters. The average molecular weight is 314 g/mol. The van der Waals surface area contributed by atoms with Gasteiger partial charge in [-0.2, -0.15) is 4.80 Å². The quantitative estimate of drug-likeness (QED) is 0.724. The van der Waals surface area contributed by atoms with Gasteiger partial charge in [-0.1, -0.05) is 18.2 Å². The summed E-state index contributed by atoms with van der Waals surface area (Å²) in [6.07, 6.45) is 0. The molecule has 0 aliphatic carbocycles. The summed E-state index contributed by atoms with van der Waals surface area (Å²) in [6.45, 7) is 0.215. The SMILES string of the molecule is COc1ccc(-c2nnn(Cc3ccccc3F)n2)cc1OC. The van der Waals surface area contributed by atoms with E-state index in [0.29, 0.717) is 22.9 Å². The Hall–Kier alpha value is -2.96. The normalized spacial score (nSPS) is 10.6. The van der Waals surface area contributed by atoms with Crippen molar-refractivity contribution >= 4 is 0 Å². The molecule has 7 heteroatoms. The number of benzene rings is 2. The van der Waals surface area contributed by atoms with E-state index >= 15 is 0 Å². The molecule has 0 amide bonds. The molecule has 0 N–H and O–H groups in total. The van der Waals surface area contributed by atoms with Gasteiger partial charge in [-0.25, -0.2) is 4.39 Å². The molecule has 0 bridgehead atoms. The second-order valence-corrected chi connectivity index (χ2v) is 4.80. The topological polar surface area (TPSA) is 62.1 Å². The van der Waals surface area contributed by atoms with E-state index in [-0.39, 0.29) is 12.4 Å². The molecule has 0 aliphatic heterocycles. The molecule has 0 spiro atoms. The average Bonchev–Trinajstić information content (AvgIpc) is 3.05. The van der Waals surface area contributed by atoms with Gasteiger partial charge in [-0.3, -0.25) is 0 Å². The summed E-state index contributed by atoms with van der Waals surface area (Å²) >= 11 is 0. The number of halogens is 1. The lowest BCUT2D eigenvalue weighted by atomic mass is 10.2. The molecule has 0 aliphatic rings. The van der Waals surface area contributed by atoms with Gasteiger partial charge < -0.3 is 9.47 Å². The van der Waals surface area contributed by atoms with Crippen LogP contribution in [0.25, 0.3) is 11.4 Å². The molecular weight excluding hydrogens is 299 g/mol. The van der Waals surface area contributed by atoms with Crippen molar-refractivity contribution in [3.05, 3.63) is 53.8 Å². The van der Waals surface area contributed by atoms with E-state index in [2.05, 4.69) is 15.4 Å². The third-order valence-corrected chi connectivity index (χ3v) is 3.36. The number of tetrazole rings is 1. The van der Waals surface area contributed by atoms with Crippen molar-refractivity contribution in [1.29, 1.82) is 0 Å². The van der Waals surface area contributed by atoms with E-state index in [1.54, 1.807) is 44.6 Å². The van der Waals surface area contributed by atoms with Crippen LogP contribution in [0.2, 0.25) is 0 Å². The maximum atomic E-state index is 13.7. The summed E-state index contributed by atoms with van der Waals surface area (Å²) in [5.74, 6) is 1.34. The van der Waals surface area contributed by atoms with Crippen LogP contribution in [-0.4, -0.2) is 34.4 Å². The Kier molecular flexibility index (Phi) is 4.18. The van der Waals surface area contributed by atoms with Crippen LogP contribution in [-0.2, 0) is 6.54 Å². The molecule has 1 heterocycles. The van der Waals surface area contributed by atoms with Crippen LogP contribution in [0.4, 0.5) is 4.39 Å². The van der Waals surface area contributed by atoms with Crippen molar-refractivity contribution < 1.29 is 13.9 Å². The van der Waals surface area contributed by atoms with Crippen LogP contribution in [0.3, 0.4) is 0 Å². The lowest BCUT2D eigenvalue weighted by Crippen LogP contribution is -2.05. The molecule has 0 fully saturated rings. The van der Waals surface area contributed by atoms with Gasteiger partial charge in [-0.05, 0) is 29.5 Å². The van der Waals surface area contributed by atoms with Crippen molar-refractivity contribution in [2.24, 2.45) is 0 Å². The van der Waals surface area contributed by atoms with Gasteiger partial charge in [0, 0.05) is 11.1 Å². The second-order valence-electron chi connectivity index (χ2n) is 4.80. The lowest BCUT2D eigenvalue weighted by Gasteiger charge is -2.07. The van der Waals surface area contributed by atoms with Gasteiger partial charge in [0.05, 0.1) is 20.8 Å². The predicted molar refractivity (Wildman–Crippen MR) is 81.9 cm³/mol. The molecule has 0 atom stereocenters. The van der Waals surface area contributed by atoms with Crippen LogP contribution in [0, 0.1) is 5.82 Å². The Morgan fingerprint density at radius 1 is 1.04 bits per heavy atom. The van der Waals surface area contributed by atoms with Crippen molar-refractivity contribution in [2.45, 2.75) is 6.54 Å². The second kappa shape index (κ2) is 6.43. The van der Waals surface area contributed by atoms with E-state index in [9.17, 15) is 4.39 Å². The van der Waals surface area contributed by atoms with Gasteiger partial charge in [0.1, 0.15) is 5.82 Å². The summed E-state index contributed by atoms with van der Waals surface area (Å²) in [4.78, 5) is 1.35. The number of aromatic nitrogens is 4. The predicted octanol–water partition coefficient (Wildman–Crippen LogP) is 2.54. The fraction of sp³-hybridized carbons (Fsp3) is 0.188. The van der Waals surface area contributed by atoms with Crippen molar-refractivity contribution in [1.82, 2.24) is 20.2 Å². The molecule has 1 aromatic heterocycles. The van der Waals surface area contributed by atoms with Crippen molar-refractivity contribution in [3.63, 3.8) is 0 Å². The molecule has 3 aromatic rings. The minimum absolute atomic E-state index is 0.215. The third-order valence-electron chi connectivity index (χ3n) is 3.36. The fourth-order valence-electron chi connectivity index (χ4n) is 2.18. The van der Waals surface area contributed by atoms with Crippen LogP contribution in [0.1, 0.15) is 5.56 Å². The van der Waals surface area contributed by atoms with Crippen LogP contribution in [0.15, 0.2) is 42.5 Å². The Balaban J connectivity index is 1.86. The zero-order valence-electron chi connectivity index (χ0n) is 12.7. The minimum Gasteiger partial charge on any atom is -0.493 e. The molecule has 6 nitrogen and oxygen atoms in total.